The second-order valence-corrected chi connectivity index (χ2v) is 19.4. The van der Waals surface area contributed by atoms with Gasteiger partial charge in [-0.05, 0) is 93.2 Å². The number of fused-ring (bicyclic) bond motifs is 6. The maximum Gasteiger partial charge on any atom is 0.259 e. The molecule has 2 fully saturated rings. The molecule has 13 nitrogen and oxygen atoms in total. The molecule has 0 saturated carbocycles. The molecule has 3 aliphatic rings. The molecule has 4 amide bonds. The summed E-state index contributed by atoms with van der Waals surface area (Å²) in [6, 6.07) is 8.87. The van der Waals surface area contributed by atoms with E-state index >= 15 is 0 Å². The third kappa shape index (κ3) is 9.68. The fourth-order valence-corrected chi connectivity index (χ4v) is 10.5. The Hall–Kier alpha value is -5.18. The number of hydrazine groups is 1. The minimum Gasteiger partial charge on any atom is -0.375 e. The molecular weight excluding hydrogens is 813 g/mol. The zero-order chi connectivity index (χ0) is 45.2. The summed E-state index contributed by atoms with van der Waals surface area (Å²) in [7, 11) is 3.36. The van der Waals surface area contributed by atoms with E-state index < -0.39 is 23.9 Å². The number of nitrogens with zero attached hydrogens (tertiary/aromatic N) is 6. The van der Waals surface area contributed by atoms with E-state index in [9.17, 15) is 19.2 Å². The Morgan fingerprint density at radius 1 is 1.16 bits per heavy atom. The minimum absolute atomic E-state index is 0.0695. The minimum atomic E-state index is -0.945. The number of benzene rings is 1. The van der Waals surface area contributed by atoms with Gasteiger partial charge >= 0.3 is 0 Å². The van der Waals surface area contributed by atoms with E-state index in [-0.39, 0.29) is 54.2 Å². The van der Waals surface area contributed by atoms with Crippen molar-refractivity contribution in [1.29, 1.82) is 0 Å². The van der Waals surface area contributed by atoms with E-state index in [0.717, 1.165) is 71.3 Å². The van der Waals surface area contributed by atoms with Gasteiger partial charge in [0.25, 0.3) is 5.91 Å². The number of likely N-dealkylation sites (tertiary alicyclic amines) is 1. The van der Waals surface area contributed by atoms with Gasteiger partial charge in [0.2, 0.25) is 17.7 Å². The van der Waals surface area contributed by atoms with Gasteiger partial charge in [-0.1, -0.05) is 52.5 Å². The average molecular weight is 877 g/mol. The van der Waals surface area contributed by atoms with Crippen molar-refractivity contribution in [3.8, 4) is 22.5 Å². The molecular formula is C49H64N8O5S. The van der Waals surface area contributed by atoms with Crippen LogP contribution in [0.1, 0.15) is 89.6 Å². The molecule has 2 saturated heterocycles. The molecule has 3 aliphatic heterocycles. The summed E-state index contributed by atoms with van der Waals surface area (Å²) >= 11 is 1.47. The van der Waals surface area contributed by atoms with E-state index in [0.29, 0.717) is 24.5 Å². The van der Waals surface area contributed by atoms with Crippen LogP contribution in [0.15, 0.2) is 66.7 Å². The number of thiazole rings is 1. The first-order chi connectivity index (χ1) is 30.1. The van der Waals surface area contributed by atoms with Crippen molar-refractivity contribution in [3.05, 3.63) is 83.0 Å². The fourth-order valence-electron chi connectivity index (χ4n) is 9.66. The predicted octanol–water partition coefficient (Wildman–Crippen LogP) is 7.12. The summed E-state index contributed by atoms with van der Waals surface area (Å²) in [6.07, 6.45) is 11.3. The number of carbonyl (C=O) groups excluding carboxylic acids is 4. The molecule has 0 radical (unpaired) electrons. The number of hydrogen-bond donors (Lipinski definition) is 2. The Labute approximate surface area is 375 Å². The number of nitrogens with one attached hydrogen (secondary N) is 2. The number of carbonyl (C=O) groups is 4. The molecule has 6 bridgehead atoms. The Bertz CT molecular complexity index is 2380. The molecule has 63 heavy (non-hydrogen) atoms. The van der Waals surface area contributed by atoms with Crippen LogP contribution in [-0.2, 0) is 43.3 Å². The van der Waals surface area contributed by atoms with Crippen molar-refractivity contribution >= 4 is 45.9 Å². The third-order valence-electron chi connectivity index (χ3n) is 13.0. The highest BCUT2D eigenvalue weighted by Crippen LogP contribution is 2.42. The third-order valence-corrected chi connectivity index (χ3v) is 13.9. The van der Waals surface area contributed by atoms with Crippen LogP contribution in [0, 0.1) is 17.3 Å². The summed E-state index contributed by atoms with van der Waals surface area (Å²) < 4.78 is 8.24. The molecule has 2 N–H and O–H groups in total. The highest BCUT2D eigenvalue weighted by molar-refractivity contribution is 7.10. The van der Waals surface area contributed by atoms with Crippen LogP contribution < -0.4 is 10.7 Å². The van der Waals surface area contributed by atoms with Gasteiger partial charge in [-0.25, -0.2) is 10.4 Å². The SMILES string of the molecule is C=CC(=O)N1CC[C@H](C(=O)N(C)C(C(=O)N[C@H]2Cc3nc(cs3)-c3ccc4c(c3)c(c(-c3cccnc3[C@H](C)OC)n4CC)CC(C)(C)C/C=C/[C@@H]3CCCN(N3)C2=O)C(C)C)C1. The quantitative estimate of drug-likeness (QED) is 0.127. The van der Waals surface area contributed by atoms with Gasteiger partial charge in [-0.2, -0.15) is 0 Å². The summed E-state index contributed by atoms with van der Waals surface area (Å²) in [4.78, 5) is 68.2. The first kappa shape index (κ1) is 45.8. The van der Waals surface area contributed by atoms with Gasteiger partial charge in [-0.3, -0.25) is 29.2 Å². The molecule has 1 aromatic carbocycles. The van der Waals surface area contributed by atoms with Gasteiger partial charge in [0.1, 0.15) is 12.1 Å². The standard InChI is InChI=1S/C49H64N8O5S/c1-10-42(58)55-24-20-33(28-55)47(60)54(8)44(30(3)4)46(59)52-38-26-41-51-39(29-63-41)32-18-19-40-36(25-32)37(45(56(40)11-2)35-17-13-22-50-43(35)31(5)62-9)27-49(6,7)21-12-15-34-16-14-23-57(53-34)48(38)61/h10,12-13,15,17-19,22,25,29-31,33-34,38,44,53H,1,11,14,16,20-21,23-24,26-28H2,2-9H3,(H,52,59)/b15-12+/t31-,33-,34+,38-,44?/m0/s1. The van der Waals surface area contributed by atoms with E-state index in [1.807, 2.05) is 38.4 Å². The second-order valence-electron chi connectivity index (χ2n) is 18.5. The zero-order valence-electron chi connectivity index (χ0n) is 38.1. The molecule has 336 valence electrons. The maximum atomic E-state index is 14.6. The number of pyridine rings is 1. The number of likely N-dealkylation sites (N-methyl/N-ethyl adjacent to an activating group) is 1. The Morgan fingerprint density at radius 3 is 2.68 bits per heavy atom. The van der Waals surface area contributed by atoms with Crippen LogP contribution in [0.5, 0.6) is 0 Å². The number of aryl methyl sites for hydroxylation is 1. The Kier molecular flexibility index (Phi) is 14.0. The van der Waals surface area contributed by atoms with Crippen LogP contribution >= 0.6 is 11.3 Å². The largest absolute Gasteiger partial charge is 0.375 e. The number of rotatable bonds is 10. The normalized spacial score (nSPS) is 21.8. The van der Waals surface area contributed by atoms with Crippen LogP contribution in [0.3, 0.4) is 0 Å². The van der Waals surface area contributed by atoms with Crippen LogP contribution in [0.2, 0.25) is 0 Å². The van der Waals surface area contributed by atoms with Crippen LogP contribution in [0.4, 0.5) is 0 Å². The van der Waals surface area contributed by atoms with Crippen LogP contribution in [-0.4, -0.2) is 105 Å². The lowest BCUT2D eigenvalue weighted by atomic mass is 9.80. The lowest BCUT2D eigenvalue weighted by molar-refractivity contribution is -0.146. The molecule has 4 aromatic rings. The highest BCUT2D eigenvalue weighted by Gasteiger charge is 2.39. The number of aromatic nitrogens is 3. The molecule has 0 spiro atoms. The average Bonchev–Trinajstić information content (AvgIpc) is 4.03. The lowest BCUT2D eigenvalue weighted by Gasteiger charge is -2.36. The van der Waals surface area contributed by atoms with Gasteiger partial charge in [0, 0.05) is 86.4 Å². The summed E-state index contributed by atoms with van der Waals surface area (Å²) in [6.45, 7) is 18.2. The number of methoxy groups -OCH3 is 1. The Morgan fingerprint density at radius 2 is 1.95 bits per heavy atom. The maximum absolute atomic E-state index is 14.6. The van der Waals surface area contributed by atoms with E-state index in [4.69, 9.17) is 14.7 Å². The van der Waals surface area contributed by atoms with Crippen molar-refractivity contribution in [2.24, 2.45) is 17.3 Å². The van der Waals surface area contributed by atoms with E-state index in [1.54, 1.807) is 24.1 Å². The van der Waals surface area contributed by atoms with Crippen molar-refractivity contribution in [2.45, 2.75) is 111 Å². The zero-order valence-corrected chi connectivity index (χ0v) is 39.0. The highest BCUT2D eigenvalue weighted by atomic mass is 32.1. The first-order valence-corrected chi connectivity index (χ1v) is 23.3. The van der Waals surface area contributed by atoms with E-state index in [1.165, 1.54) is 27.9 Å². The molecule has 3 aromatic heterocycles. The Balaban J connectivity index is 1.26. The molecule has 7 rings (SSSR count). The number of ether oxygens (including phenoxy) is 1. The van der Waals surface area contributed by atoms with Gasteiger partial charge in [0.15, 0.2) is 0 Å². The second kappa shape index (κ2) is 19.3. The lowest BCUT2D eigenvalue weighted by Crippen LogP contribution is -2.61. The molecule has 1 unspecified atom stereocenters. The first-order valence-electron chi connectivity index (χ1n) is 22.4. The molecule has 5 atom stereocenters. The summed E-state index contributed by atoms with van der Waals surface area (Å²) in [5.74, 6) is -1.75. The molecule has 6 heterocycles. The van der Waals surface area contributed by atoms with Gasteiger partial charge in [0.05, 0.1) is 34.1 Å². The molecule has 0 aliphatic carbocycles. The number of hydrogen-bond acceptors (Lipinski definition) is 9. The number of amides is 4. The topological polar surface area (TPSA) is 142 Å². The van der Waals surface area contributed by atoms with Gasteiger partial charge in [-0.15, -0.1) is 11.3 Å². The van der Waals surface area contributed by atoms with Crippen molar-refractivity contribution < 1.29 is 23.9 Å². The predicted molar refractivity (Wildman–Crippen MR) is 248 cm³/mol. The molecule has 14 heteroatoms. The van der Waals surface area contributed by atoms with Crippen molar-refractivity contribution in [3.63, 3.8) is 0 Å². The monoisotopic (exact) mass is 876 g/mol. The summed E-state index contributed by atoms with van der Waals surface area (Å²) in [5, 5.41) is 8.66. The number of allylic oxidation sites excluding steroid dienone is 1. The van der Waals surface area contributed by atoms with E-state index in [2.05, 4.69) is 79.1 Å². The smallest absolute Gasteiger partial charge is 0.259 e. The van der Waals surface area contributed by atoms with Crippen molar-refractivity contribution in [2.75, 3.05) is 33.8 Å². The van der Waals surface area contributed by atoms with Gasteiger partial charge < -0.3 is 24.4 Å². The fraction of sp³-hybridized carbons (Fsp3) is 0.510. The van der Waals surface area contributed by atoms with Crippen LogP contribution in [0.25, 0.3) is 33.4 Å². The van der Waals surface area contributed by atoms with Crippen molar-refractivity contribution in [1.82, 2.24) is 40.1 Å². The summed E-state index contributed by atoms with van der Waals surface area (Å²) in [5.41, 5.74) is 10.6.